The average molecular weight is 237 g/mol. The van der Waals surface area contributed by atoms with Crippen molar-refractivity contribution in [3.63, 3.8) is 0 Å². The number of carbonyl (C=O) groups is 1. The third-order valence-electron chi connectivity index (χ3n) is 4.09. The maximum Gasteiger partial charge on any atom is 0.222 e. The molecule has 96 valence electrons. The van der Waals surface area contributed by atoms with Crippen molar-refractivity contribution in [3.05, 3.63) is 12.2 Å². The third kappa shape index (κ3) is 3.56. The number of likely N-dealkylation sites (tertiary alicyclic amines) is 1. The maximum atomic E-state index is 12.1. The lowest BCUT2D eigenvalue weighted by Crippen LogP contribution is -2.40. The lowest BCUT2D eigenvalue weighted by molar-refractivity contribution is -0.134. The van der Waals surface area contributed by atoms with Gasteiger partial charge in [-0.05, 0) is 44.4 Å². The Hall–Kier alpha value is -0.830. The first-order chi connectivity index (χ1) is 8.15. The second-order valence-corrected chi connectivity index (χ2v) is 5.51. The van der Waals surface area contributed by atoms with Gasteiger partial charge in [0.2, 0.25) is 5.91 Å². The zero-order valence-electron chi connectivity index (χ0n) is 10.5. The molecular formula is C14H23NO2. The molecule has 1 aliphatic carbocycles. The van der Waals surface area contributed by atoms with Crippen molar-refractivity contribution in [1.29, 1.82) is 0 Å². The fourth-order valence-corrected chi connectivity index (χ4v) is 2.78. The van der Waals surface area contributed by atoms with Crippen molar-refractivity contribution in [3.8, 4) is 0 Å². The predicted octanol–water partition coefficient (Wildman–Crippen LogP) is 2.11. The number of rotatable bonds is 2. The van der Waals surface area contributed by atoms with Crippen molar-refractivity contribution < 1.29 is 9.90 Å². The highest BCUT2D eigenvalue weighted by molar-refractivity contribution is 5.76. The zero-order chi connectivity index (χ0) is 12.3. The largest absolute Gasteiger partial charge is 0.393 e. The van der Waals surface area contributed by atoms with Crippen LogP contribution in [0.1, 0.15) is 44.9 Å². The Morgan fingerprint density at radius 2 is 1.82 bits per heavy atom. The van der Waals surface area contributed by atoms with E-state index in [1.54, 1.807) is 0 Å². The Morgan fingerprint density at radius 1 is 1.24 bits per heavy atom. The molecule has 0 radical (unpaired) electrons. The highest BCUT2D eigenvalue weighted by atomic mass is 16.3. The van der Waals surface area contributed by atoms with Gasteiger partial charge >= 0.3 is 0 Å². The molecule has 0 atom stereocenters. The van der Waals surface area contributed by atoms with Gasteiger partial charge in [-0.3, -0.25) is 4.79 Å². The molecule has 17 heavy (non-hydrogen) atoms. The van der Waals surface area contributed by atoms with Gasteiger partial charge in [-0.25, -0.2) is 0 Å². The molecule has 1 aliphatic heterocycles. The summed E-state index contributed by atoms with van der Waals surface area (Å²) < 4.78 is 0. The van der Waals surface area contributed by atoms with E-state index in [4.69, 9.17) is 0 Å². The Balaban J connectivity index is 1.75. The van der Waals surface area contributed by atoms with Crippen LogP contribution in [0.15, 0.2) is 12.2 Å². The van der Waals surface area contributed by atoms with Gasteiger partial charge in [0.1, 0.15) is 0 Å². The lowest BCUT2D eigenvalue weighted by atomic mass is 9.84. The van der Waals surface area contributed by atoms with Crippen LogP contribution in [0.25, 0.3) is 0 Å². The standard InChI is InChI=1S/C14H23NO2/c1-11-2-4-12(5-3-11)10-14(17)15-8-6-13(16)7-9-15/h12-13,16H,1-10H2. The molecule has 1 heterocycles. The molecule has 0 spiro atoms. The number of piperidine rings is 1. The van der Waals surface area contributed by atoms with Crippen LogP contribution in [0.5, 0.6) is 0 Å². The summed E-state index contributed by atoms with van der Waals surface area (Å²) in [4.78, 5) is 14.0. The van der Waals surface area contributed by atoms with Crippen LogP contribution in [0, 0.1) is 5.92 Å². The molecule has 0 aromatic rings. The van der Waals surface area contributed by atoms with E-state index in [2.05, 4.69) is 6.58 Å². The summed E-state index contributed by atoms with van der Waals surface area (Å²) in [5, 5.41) is 9.41. The van der Waals surface area contributed by atoms with Crippen molar-refractivity contribution >= 4 is 5.91 Å². The van der Waals surface area contributed by atoms with Crippen LogP contribution in [0.4, 0.5) is 0 Å². The summed E-state index contributed by atoms with van der Waals surface area (Å²) in [7, 11) is 0. The van der Waals surface area contributed by atoms with Crippen molar-refractivity contribution in [2.45, 2.75) is 51.0 Å². The molecule has 2 fully saturated rings. The van der Waals surface area contributed by atoms with E-state index >= 15 is 0 Å². The number of aliphatic hydroxyl groups is 1. The maximum absolute atomic E-state index is 12.1. The van der Waals surface area contributed by atoms with Crippen LogP contribution in [0.2, 0.25) is 0 Å². The molecule has 2 aliphatic rings. The summed E-state index contributed by atoms with van der Waals surface area (Å²) in [5.41, 5.74) is 1.34. The van der Waals surface area contributed by atoms with E-state index in [9.17, 15) is 9.90 Å². The van der Waals surface area contributed by atoms with Gasteiger partial charge in [-0.1, -0.05) is 12.2 Å². The Morgan fingerprint density at radius 3 is 2.41 bits per heavy atom. The first-order valence-corrected chi connectivity index (χ1v) is 6.77. The van der Waals surface area contributed by atoms with E-state index < -0.39 is 0 Å². The van der Waals surface area contributed by atoms with E-state index in [-0.39, 0.29) is 12.0 Å². The van der Waals surface area contributed by atoms with Crippen molar-refractivity contribution in [1.82, 2.24) is 4.90 Å². The Kier molecular flexibility index (Phi) is 4.21. The number of carbonyl (C=O) groups excluding carboxylic acids is 1. The molecule has 1 saturated carbocycles. The summed E-state index contributed by atoms with van der Waals surface area (Å²) in [6.07, 6.45) is 6.43. The van der Waals surface area contributed by atoms with E-state index in [0.29, 0.717) is 12.3 Å². The van der Waals surface area contributed by atoms with E-state index in [0.717, 1.165) is 51.6 Å². The molecule has 0 aromatic carbocycles. The van der Waals surface area contributed by atoms with Crippen molar-refractivity contribution in [2.24, 2.45) is 5.92 Å². The minimum Gasteiger partial charge on any atom is -0.393 e. The summed E-state index contributed by atoms with van der Waals surface area (Å²) in [6.45, 7) is 5.47. The molecule has 0 bridgehead atoms. The van der Waals surface area contributed by atoms with E-state index in [1.165, 1.54) is 5.57 Å². The van der Waals surface area contributed by atoms with Crippen LogP contribution in [-0.4, -0.2) is 35.1 Å². The van der Waals surface area contributed by atoms with Gasteiger partial charge in [0, 0.05) is 19.5 Å². The van der Waals surface area contributed by atoms with Gasteiger partial charge < -0.3 is 10.0 Å². The number of amides is 1. The summed E-state index contributed by atoms with van der Waals surface area (Å²) >= 11 is 0. The highest BCUT2D eigenvalue weighted by Gasteiger charge is 2.24. The van der Waals surface area contributed by atoms with Gasteiger partial charge in [-0.2, -0.15) is 0 Å². The quantitative estimate of drug-likeness (QED) is 0.747. The molecule has 0 unspecified atom stereocenters. The molecular weight excluding hydrogens is 214 g/mol. The molecule has 3 nitrogen and oxygen atoms in total. The number of nitrogens with zero attached hydrogens (tertiary/aromatic N) is 1. The van der Waals surface area contributed by atoms with Crippen LogP contribution in [-0.2, 0) is 4.79 Å². The average Bonchev–Trinajstić information content (AvgIpc) is 2.33. The minimum absolute atomic E-state index is 0.197. The molecule has 1 amide bonds. The van der Waals surface area contributed by atoms with Gasteiger partial charge in [0.25, 0.3) is 0 Å². The first-order valence-electron chi connectivity index (χ1n) is 6.77. The Bertz CT molecular complexity index is 283. The third-order valence-corrected chi connectivity index (χ3v) is 4.09. The molecule has 0 aromatic heterocycles. The number of hydrogen-bond acceptors (Lipinski definition) is 2. The molecule has 1 saturated heterocycles. The summed E-state index contributed by atoms with van der Waals surface area (Å²) in [5.74, 6) is 0.842. The number of allylic oxidation sites excluding steroid dienone is 1. The Labute approximate surface area is 103 Å². The van der Waals surface area contributed by atoms with Gasteiger partial charge in [0.05, 0.1) is 6.10 Å². The zero-order valence-corrected chi connectivity index (χ0v) is 10.5. The molecule has 3 heteroatoms. The minimum atomic E-state index is -0.197. The lowest BCUT2D eigenvalue weighted by Gasteiger charge is -2.31. The number of hydrogen-bond donors (Lipinski definition) is 1. The van der Waals surface area contributed by atoms with Crippen LogP contribution >= 0.6 is 0 Å². The van der Waals surface area contributed by atoms with Crippen LogP contribution < -0.4 is 0 Å². The highest BCUT2D eigenvalue weighted by Crippen LogP contribution is 2.29. The summed E-state index contributed by atoms with van der Waals surface area (Å²) in [6, 6.07) is 0. The van der Waals surface area contributed by atoms with Gasteiger partial charge in [0.15, 0.2) is 0 Å². The SMILES string of the molecule is C=C1CCC(CC(=O)N2CCC(O)CC2)CC1. The smallest absolute Gasteiger partial charge is 0.222 e. The topological polar surface area (TPSA) is 40.5 Å². The molecule has 1 N–H and O–H groups in total. The van der Waals surface area contributed by atoms with Crippen LogP contribution in [0.3, 0.4) is 0 Å². The monoisotopic (exact) mass is 237 g/mol. The first kappa shape index (κ1) is 12.6. The number of aliphatic hydroxyl groups excluding tert-OH is 1. The van der Waals surface area contributed by atoms with E-state index in [1.807, 2.05) is 4.90 Å². The van der Waals surface area contributed by atoms with Gasteiger partial charge in [-0.15, -0.1) is 0 Å². The second kappa shape index (κ2) is 5.67. The molecule has 2 rings (SSSR count). The predicted molar refractivity (Wildman–Crippen MR) is 67.5 cm³/mol. The normalized spacial score (nSPS) is 24.1. The van der Waals surface area contributed by atoms with Crippen molar-refractivity contribution in [2.75, 3.05) is 13.1 Å². The fourth-order valence-electron chi connectivity index (χ4n) is 2.78. The fraction of sp³-hybridized carbons (Fsp3) is 0.786. The second-order valence-electron chi connectivity index (χ2n) is 5.51.